The Morgan fingerprint density at radius 2 is 1.64 bits per heavy atom. The lowest BCUT2D eigenvalue weighted by Crippen LogP contribution is -1.90. The molecule has 0 amide bonds. The van der Waals surface area contributed by atoms with Gasteiger partial charge < -0.3 is 4.42 Å². The molecule has 0 aliphatic carbocycles. The number of aromatic nitrogens is 1. The van der Waals surface area contributed by atoms with Gasteiger partial charge in [0, 0.05) is 20.9 Å². The van der Waals surface area contributed by atoms with Crippen molar-refractivity contribution in [2.75, 3.05) is 0 Å². The maximum Gasteiger partial charge on any atom is 0.158 e. The summed E-state index contributed by atoms with van der Waals surface area (Å²) in [5, 5.41) is 6.12. The Kier molecular flexibility index (Phi) is 2.52. The first-order valence-electron chi connectivity index (χ1n) is 8.28. The number of benzene rings is 3. The average molecular weight is 339 g/mol. The van der Waals surface area contributed by atoms with Crippen LogP contribution in [-0.2, 0) is 0 Å². The summed E-state index contributed by atoms with van der Waals surface area (Å²) in [4.78, 5) is 0. The molecule has 3 aromatic heterocycles. The standard InChI is InChI=1S/C22H13NOS/c1-4-8-19-15(5-1)13-20(25-19)23-18-7-3-2-6-16(18)17-10-9-14-11-12-24-22(14)21(17)23/h1-13H. The number of hydrogen-bond acceptors (Lipinski definition) is 2. The highest BCUT2D eigenvalue weighted by atomic mass is 32.1. The van der Waals surface area contributed by atoms with Crippen LogP contribution in [0.5, 0.6) is 0 Å². The van der Waals surface area contributed by atoms with Crippen molar-refractivity contribution in [1.82, 2.24) is 4.57 Å². The summed E-state index contributed by atoms with van der Waals surface area (Å²) in [6.07, 6.45) is 1.77. The number of rotatable bonds is 1. The fourth-order valence-electron chi connectivity index (χ4n) is 3.78. The van der Waals surface area contributed by atoms with Crippen molar-refractivity contribution in [2.24, 2.45) is 0 Å². The van der Waals surface area contributed by atoms with E-state index in [0.29, 0.717) is 0 Å². The van der Waals surface area contributed by atoms with E-state index in [-0.39, 0.29) is 0 Å². The first-order valence-corrected chi connectivity index (χ1v) is 9.10. The second-order valence-corrected chi connectivity index (χ2v) is 7.34. The monoisotopic (exact) mass is 339 g/mol. The van der Waals surface area contributed by atoms with E-state index in [9.17, 15) is 0 Å². The van der Waals surface area contributed by atoms with Crippen LogP contribution in [0.15, 0.2) is 83.5 Å². The van der Waals surface area contributed by atoms with Crippen molar-refractivity contribution in [1.29, 1.82) is 0 Å². The molecule has 3 heteroatoms. The Labute approximate surface area is 147 Å². The second kappa shape index (κ2) is 4.74. The highest BCUT2D eigenvalue weighted by Gasteiger charge is 2.17. The summed E-state index contributed by atoms with van der Waals surface area (Å²) in [6.45, 7) is 0. The summed E-state index contributed by atoms with van der Waals surface area (Å²) in [7, 11) is 0. The Morgan fingerprint density at radius 1 is 0.760 bits per heavy atom. The summed E-state index contributed by atoms with van der Waals surface area (Å²) in [5.74, 6) is 0. The molecule has 3 aromatic carbocycles. The predicted octanol–water partition coefficient (Wildman–Crippen LogP) is 6.74. The molecule has 0 unspecified atom stereocenters. The van der Waals surface area contributed by atoms with E-state index < -0.39 is 0 Å². The molecule has 6 rings (SSSR count). The van der Waals surface area contributed by atoms with E-state index in [2.05, 4.69) is 71.3 Å². The molecule has 0 atom stereocenters. The minimum atomic E-state index is 0.950. The molecule has 0 bridgehead atoms. The van der Waals surface area contributed by atoms with Gasteiger partial charge in [0.25, 0.3) is 0 Å². The number of fused-ring (bicyclic) bond motifs is 6. The van der Waals surface area contributed by atoms with Crippen molar-refractivity contribution >= 4 is 54.2 Å². The zero-order valence-corrected chi connectivity index (χ0v) is 14.1. The lowest BCUT2D eigenvalue weighted by atomic mass is 10.1. The molecule has 25 heavy (non-hydrogen) atoms. The van der Waals surface area contributed by atoms with Crippen molar-refractivity contribution in [2.45, 2.75) is 0 Å². The van der Waals surface area contributed by atoms with Crippen LogP contribution in [-0.4, -0.2) is 4.57 Å². The SMILES string of the molecule is c1ccc2sc(-n3c4ccccc4c4ccc5ccoc5c43)cc2c1. The highest BCUT2D eigenvalue weighted by molar-refractivity contribution is 7.21. The third kappa shape index (κ3) is 1.73. The molecule has 0 radical (unpaired) electrons. The van der Waals surface area contributed by atoms with Crippen LogP contribution >= 0.6 is 11.3 Å². The lowest BCUT2D eigenvalue weighted by molar-refractivity contribution is 0.618. The number of nitrogens with zero attached hydrogens (tertiary/aromatic N) is 1. The van der Waals surface area contributed by atoms with E-state index in [1.165, 1.54) is 31.4 Å². The molecule has 0 spiro atoms. The smallest absolute Gasteiger partial charge is 0.158 e. The molecule has 0 fully saturated rings. The molecule has 0 aliphatic heterocycles. The predicted molar refractivity (Wildman–Crippen MR) is 106 cm³/mol. The van der Waals surface area contributed by atoms with Gasteiger partial charge >= 0.3 is 0 Å². The summed E-state index contributed by atoms with van der Waals surface area (Å²) in [5.41, 5.74) is 3.31. The molecule has 3 heterocycles. The van der Waals surface area contributed by atoms with Crippen molar-refractivity contribution < 1.29 is 4.42 Å². The Hall–Kier alpha value is -3.04. The van der Waals surface area contributed by atoms with Crippen molar-refractivity contribution in [3.8, 4) is 5.00 Å². The minimum absolute atomic E-state index is 0.950. The van der Waals surface area contributed by atoms with E-state index >= 15 is 0 Å². The average Bonchev–Trinajstić information content (AvgIpc) is 3.35. The van der Waals surface area contributed by atoms with Crippen LogP contribution in [0.2, 0.25) is 0 Å². The van der Waals surface area contributed by atoms with Crippen LogP contribution < -0.4 is 0 Å². The summed E-state index contributed by atoms with van der Waals surface area (Å²) in [6, 6.07) is 25.8. The number of para-hydroxylation sites is 1. The van der Waals surface area contributed by atoms with Gasteiger partial charge in [0.15, 0.2) is 5.58 Å². The van der Waals surface area contributed by atoms with E-state index in [0.717, 1.165) is 16.5 Å². The van der Waals surface area contributed by atoms with Gasteiger partial charge in [0.1, 0.15) is 5.00 Å². The third-order valence-corrected chi connectivity index (χ3v) is 5.99. The number of hydrogen-bond donors (Lipinski definition) is 0. The number of furan rings is 1. The van der Waals surface area contributed by atoms with Crippen LogP contribution in [0, 0.1) is 0 Å². The fourth-order valence-corrected chi connectivity index (χ4v) is 4.86. The first kappa shape index (κ1) is 13.3. The van der Waals surface area contributed by atoms with Crippen LogP contribution in [0.1, 0.15) is 0 Å². The zero-order valence-electron chi connectivity index (χ0n) is 13.3. The quantitative estimate of drug-likeness (QED) is 0.324. The first-order chi connectivity index (χ1) is 12.4. The van der Waals surface area contributed by atoms with Gasteiger partial charge in [-0.15, -0.1) is 11.3 Å². The topological polar surface area (TPSA) is 18.1 Å². The second-order valence-electron chi connectivity index (χ2n) is 6.28. The maximum atomic E-state index is 5.88. The summed E-state index contributed by atoms with van der Waals surface area (Å²) < 4.78 is 9.53. The van der Waals surface area contributed by atoms with Gasteiger partial charge in [0.05, 0.1) is 17.3 Å². The van der Waals surface area contributed by atoms with Gasteiger partial charge in [-0.25, -0.2) is 0 Å². The lowest BCUT2D eigenvalue weighted by Gasteiger charge is -2.04. The maximum absolute atomic E-state index is 5.88. The van der Waals surface area contributed by atoms with Gasteiger partial charge in [-0.05, 0) is 29.7 Å². The third-order valence-electron chi connectivity index (χ3n) is 4.89. The van der Waals surface area contributed by atoms with Crippen molar-refractivity contribution in [3.05, 3.63) is 79.1 Å². The summed E-state index contributed by atoms with van der Waals surface area (Å²) >= 11 is 1.82. The van der Waals surface area contributed by atoms with Crippen molar-refractivity contribution in [3.63, 3.8) is 0 Å². The normalized spacial score (nSPS) is 12.0. The van der Waals surface area contributed by atoms with Gasteiger partial charge in [-0.3, -0.25) is 4.57 Å². The highest BCUT2D eigenvalue weighted by Crippen LogP contribution is 2.39. The molecule has 0 aliphatic rings. The van der Waals surface area contributed by atoms with E-state index in [1.807, 2.05) is 17.4 Å². The van der Waals surface area contributed by atoms with Gasteiger partial charge in [0.2, 0.25) is 0 Å². The molecule has 118 valence electrons. The Morgan fingerprint density at radius 3 is 2.60 bits per heavy atom. The molecule has 0 saturated heterocycles. The molecule has 0 N–H and O–H groups in total. The Balaban J connectivity index is 1.87. The molecular formula is C22H13NOS. The zero-order chi connectivity index (χ0) is 16.4. The van der Waals surface area contributed by atoms with Gasteiger partial charge in [-0.1, -0.05) is 48.5 Å². The number of thiophene rings is 1. The molecule has 2 nitrogen and oxygen atoms in total. The van der Waals surface area contributed by atoms with E-state index in [4.69, 9.17) is 4.42 Å². The largest absolute Gasteiger partial charge is 0.462 e. The fraction of sp³-hybridized carbons (Fsp3) is 0. The van der Waals surface area contributed by atoms with Gasteiger partial charge in [-0.2, -0.15) is 0 Å². The molecule has 6 aromatic rings. The van der Waals surface area contributed by atoms with Crippen LogP contribution in [0.4, 0.5) is 0 Å². The van der Waals surface area contributed by atoms with E-state index in [1.54, 1.807) is 6.26 Å². The van der Waals surface area contributed by atoms with Crippen LogP contribution in [0.3, 0.4) is 0 Å². The molecule has 0 saturated carbocycles. The van der Waals surface area contributed by atoms with Crippen LogP contribution in [0.25, 0.3) is 47.9 Å². The minimum Gasteiger partial charge on any atom is -0.462 e. The Bertz CT molecular complexity index is 1370. The molecular weight excluding hydrogens is 326 g/mol.